The van der Waals surface area contributed by atoms with E-state index in [0.29, 0.717) is 11.7 Å². The van der Waals surface area contributed by atoms with Crippen LogP contribution in [-0.4, -0.2) is 49.2 Å². The first-order valence-corrected chi connectivity index (χ1v) is 8.51. The zero-order chi connectivity index (χ0) is 12.1. The van der Waals surface area contributed by atoms with Crippen LogP contribution in [0.15, 0.2) is 0 Å². The highest BCUT2D eigenvalue weighted by atomic mass is 32.2. The highest BCUT2D eigenvalue weighted by Crippen LogP contribution is 2.03. The van der Waals surface area contributed by atoms with Gasteiger partial charge in [-0.3, -0.25) is 4.21 Å². The quantitative estimate of drug-likeness (QED) is 0.697. The van der Waals surface area contributed by atoms with Crippen LogP contribution in [0, 0.1) is 5.92 Å². The Hall–Kier alpha value is 0.0600. The van der Waals surface area contributed by atoms with E-state index in [1.165, 1.54) is 6.26 Å². The molecular weight excluding hydrogens is 234 g/mol. The van der Waals surface area contributed by atoms with Gasteiger partial charge in [0.25, 0.3) is 0 Å². The molecule has 0 heterocycles. The maximum Gasteiger partial charge on any atom is 0.148 e. The van der Waals surface area contributed by atoms with Gasteiger partial charge in [0.15, 0.2) is 0 Å². The Balaban J connectivity index is 4.03. The summed E-state index contributed by atoms with van der Waals surface area (Å²) in [7, 11) is -2.22. The van der Waals surface area contributed by atoms with Crippen LogP contribution < -0.4 is 5.32 Å². The molecule has 0 saturated carbocycles. The summed E-state index contributed by atoms with van der Waals surface area (Å²) in [6, 6.07) is 0.186. The van der Waals surface area contributed by atoms with E-state index in [9.17, 15) is 12.6 Å². The van der Waals surface area contributed by atoms with Crippen molar-refractivity contribution >= 4 is 20.6 Å². The molecule has 6 heteroatoms. The lowest BCUT2D eigenvalue weighted by atomic mass is 10.1. The van der Waals surface area contributed by atoms with Gasteiger partial charge in [-0.2, -0.15) is 0 Å². The molecule has 0 bridgehead atoms. The Bertz CT molecular complexity index is 298. The molecule has 0 fully saturated rings. The molecule has 0 aromatic carbocycles. The Morgan fingerprint density at radius 3 is 2.20 bits per heavy atom. The van der Waals surface area contributed by atoms with Crippen molar-refractivity contribution in [3.63, 3.8) is 0 Å². The smallest absolute Gasteiger partial charge is 0.148 e. The second-order valence-electron chi connectivity index (χ2n) is 4.08. The van der Waals surface area contributed by atoms with Gasteiger partial charge in [-0.05, 0) is 13.0 Å². The number of nitrogens with one attached hydrogen (secondary N) is 1. The molecule has 15 heavy (non-hydrogen) atoms. The first kappa shape index (κ1) is 15.1. The third-order valence-electron chi connectivity index (χ3n) is 2.22. The highest BCUT2D eigenvalue weighted by Gasteiger charge is 2.15. The van der Waals surface area contributed by atoms with Crippen molar-refractivity contribution < 1.29 is 12.6 Å². The summed E-state index contributed by atoms with van der Waals surface area (Å²) in [6.45, 7) is 4.10. The van der Waals surface area contributed by atoms with Crippen LogP contribution in [0.4, 0.5) is 0 Å². The van der Waals surface area contributed by atoms with Gasteiger partial charge in [0.1, 0.15) is 9.84 Å². The highest BCUT2D eigenvalue weighted by molar-refractivity contribution is 7.92. The third-order valence-corrected chi connectivity index (χ3v) is 4.82. The van der Waals surface area contributed by atoms with Gasteiger partial charge < -0.3 is 5.32 Å². The fraction of sp³-hybridized carbons (Fsp3) is 1.00. The zero-order valence-corrected chi connectivity index (χ0v) is 11.5. The number of sulfone groups is 1. The Kier molecular flexibility index (Phi) is 6.63. The normalized spacial score (nSPS) is 16.6. The summed E-state index contributed by atoms with van der Waals surface area (Å²) in [6.07, 6.45) is 1.17. The van der Waals surface area contributed by atoms with Crippen molar-refractivity contribution in [3.8, 4) is 0 Å². The summed E-state index contributed by atoms with van der Waals surface area (Å²) >= 11 is 0. The second-order valence-corrected chi connectivity index (χ2v) is 7.96. The molecular formula is C9H21NO3S2. The van der Waals surface area contributed by atoms with Gasteiger partial charge in [-0.25, -0.2) is 8.42 Å². The van der Waals surface area contributed by atoms with Crippen molar-refractivity contribution in [2.45, 2.75) is 19.9 Å². The molecule has 0 aliphatic rings. The first-order chi connectivity index (χ1) is 6.76. The molecule has 2 unspecified atom stereocenters. The molecule has 0 aromatic heterocycles. The Morgan fingerprint density at radius 1 is 1.33 bits per heavy atom. The maximum absolute atomic E-state index is 11.6. The molecule has 92 valence electrons. The molecule has 0 aromatic rings. The molecule has 0 aliphatic carbocycles. The van der Waals surface area contributed by atoms with Gasteiger partial charge in [0.2, 0.25) is 0 Å². The lowest BCUT2D eigenvalue weighted by Crippen LogP contribution is -2.36. The summed E-state index contributed by atoms with van der Waals surface area (Å²) in [5.74, 6) is 1.17. The van der Waals surface area contributed by atoms with Gasteiger partial charge in [0.05, 0.1) is 5.75 Å². The van der Waals surface area contributed by atoms with E-state index in [-0.39, 0.29) is 17.5 Å². The molecule has 4 nitrogen and oxygen atoms in total. The van der Waals surface area contributed by atoms with Crippen molar-refractivity contribution in [1.29, 1.82) is 0 Å². The van der Waals surface area contributed by atoms with E-state index < -0.39 is 20.6 Å². The Morgan fingerprint density at radius 2 is 1.87 bits per heavy atom. The predicted octanol–water partition coefficient (Wildman–Crippen LogP) is 0.0237. The maximum atomic E-state index is 11.6. The molecule has 0 amide bonds. The summed E-state index contributed by atoms with van der Waals surface area (Å²) in [4.78, 5) is 0. The van der Waals surface area contributed by atoms with Crippen molar-refractivity contribution in [2.24, 2.45) is 5.92 Å². The first-order valence-electron chi connectivity index (χ1n) is 4.96. The average molecular weight is 255 g/mol. The fourth-order valence-electron chi connectivity index (χ4n) is 1.14. The van der Waals surface area contributed by atoms with Crippen LogP contribution >= 0.6 is 0 Å². The van der Waals surface area contributed by atoms with Crippen LogP contribution in [0.2, 0.25) is 0 Å². The van der Waals surface area contributed by atoms with E-state index in [0.717, 1.165) is 0 Å². The van der Waals surface area contributed by atoms with Crippen molar-refractivity contribution in [3.05, 3.63) is 0 Å². The monoisotopic (exact) mass is 255 g/mol. The van der Waals surface area contributed by atoms with E-state index in [4.69, 9.17) is 0 Å². The molecule has 1 N–H and O–H groups in total. The SMILES string of the molecule is CNC(CS(=O)CCS(C)(=O)=O)C(C)C. The van der Waals surface area contributed by atoms with Gasteiger partial charge in [0, 0.05) is 34.6 Å². The van der Waals surface area contributed by atoms with Crippen LogP contribution in [0.3, 0.4) is 0 Å². The second kappa shape index (κ2) is 6.60. The molecule has 0 spiro atoms. The molecule has 2 atom stereocenters. The van der Waals surface area contributed by atoms with E-state index in [1.54, 1.807) is 0 Å². The van der Waals surface area contributed by atoms with E-state index >= 15 is 0 Å². The van der Waals surface area contributed by atoms with E-state index in [1.807, 2.05) is 7.05 Å². The summed E-state index contributed by atoms with van der Waals surface area (Å²) in [5, 5.41) is 3.09. The largest absolute Gasteiger partial charge is 0.316 e. The van der Waals surface area contributed by atoms with E-state index in [2.05, 4.69) is 19.2 Å². The lowest BCUT2D eigenvalue weighted by molar-refractivity contribution is 0.462. The number of rotatable bonds is 7. The predicted molar refractivity (Wildman–Crippen MR) is 65.3 cm³/mol. The van der Waals surface area contributed by atoms with Crippen molar-refractivity contribution in [1.82, 2.24) is 5.32 Å². The molecule has 0 saturated heterocycles. The van der Waals surface area contributed by atoms with Gasteiger partial charge in [-0.1, -0.05) is 13.8 Å². The standard InChI is InChI=1S/C9H21NO3S2/c1-8(2)9(10-3)7-14(11)5-6-15(4,12)13/h8-10H,5-7H2,1-4H3. The van der Waals surface area contributed by atoms with Crippen LogP contribution in [0.25, 0.3) is 0 Å². The topological polar surface area (TPSA) is 63.2 Å². The van der Waals surface area contributed by atoms with Gasteiger partial charge in [-0.15, -0.1) is 0 Å². The molecule has 0 radical (unpaired) electrons. The van der Waals surface area contributed by atoms with Crippen LogP contribution in [-0.2, 0) is 20.6 Å². The minimum Gasteiger partial charge on any atom is -0.316 e. The van der Waals surface area contributed by atoms with Gasteiger partial charge >= 0.3 is 0 Å². The minimum absolute atomic E-state index is 0.00808. The van der Waals surface area contributed by atoms with Crippen molar-refractivity contribution in [2.75, 3.05) is 30.6 Å². The van der Waals surface area contributed by atoms with Crippen LogP contribution in [0.1, 0.15) is 13.8 Å². The third kappa shape index (κ3) is 7.93. The fourth-order valence-corrected chi connectivity index (χ4v) is 4.21. The summed E-state index contributed by atoms with van der Waals surface area (Å²) < 4.78 is 33.3. The minimum atomic E-state index is -3.00. The summed E-state index contributed by atoms with van der Waals surface area (Å²) in [5.41, 5.74) is 0. The average Bonchev–Trinajstić information content (AvgIpc) is 2.09. The number of hydrogen-bond donors (Lipinski definition) is 1. The zero-order valence-electron chi connectivity index (χ0n) is 9.82. The van der Waals surface area contributed by atoms with Crippen LogP contribution in [0.5, 0.6) is 0 Å². The number of hydrogen-bond acceptors (Lipinski definition) is 4. The lowest BCUT2D eigenvalue weighted by Gasteiger charge is -2.19. The molecule has 0 aliphatic heterocycles. The Labute approximate surface area is 95.2 Å². The molecule has 0 rings (SSSR count).